The standard InChI is InChI=1S/C15H31N3O4S/c1-15(2,3)22-14(19)18-10-6-7-13(8-11-18)16-9-12-23(20,21)17(4)5/h13,16H,6-12H2,1-5H3. The Balaban J connectivity index is 2.40. The minimum absolute atomic E-state index is 0.0896. The summed E-state index contributed by atoms with van der Waals surface area (Å²) in [5.74, 6) is 0.0896. The van der Waals surface area contributed by atoms with E-state index in [2.05, 4.69) is 5.32 Å². The first-order valence-electron chi connectivity index (χ1n) is 8.13. The Morgan fingerprint density at radius 1 is 1.26 bits per heavy atom. The van der Waals surface area contributed by atoms with Crippen LogP contribution in [0.2, 0.25) is 0 Å². The number of hydrogen-bond acceptors (Lipinski definition) is 5. The lowest BCUT2D eigenvalue weighted by Crippen LogP contribution is -2.39. The number of nitrogens with one attached hydrogen (secondary N) is 1. The summed E-state index contributed by atoms with van der Waals surface area (Å²) < 4.78 is 30.1. The molecule has 0 saturated carbocycles. The number of sulfonamides is 1. The van der Waals surface area contributed by atoms with Crippen molar-refractivity contribution in [3.05, 3.63) is 0 Å². The number of nitrogens with zero attached hydrogens (tertiary/aromatic N) is 2. The molecule has 7 nitrogen and oxygen atoms in total. The van der Waals surface area contributed by atoms with E-state index in [0.29, 0.717) is 19.6 Å². The molecule has 0 aromatic heterocycles. The zero-order valence-electron chi connectivity index (χ0n) is 15.0. The van der Waals surface area contributed by atoms with Crippen LogP contribution in [0.25, 0.3) is 0 Å². The number of amides is 1. The first kappa shape index (κ1) is 20.2. The van der Waals surface area contributed by atoms with Crippen LogP contribution < -0.4 is 5.32 Å². The third-order valence-corrected chi connectivity index (χ3v) is 5.56. The second-order valence-corrected chi connectivity index (χ2v) is 9.45. The van der Waals surface area contributed by atoms with E-state index < -0.39 is 15.6 Å². The summed E-state index contributed by atoms with van der Waals surface area (Å²) in [7, 11) is -0.0836. The van der Waals surface area contributed by atoms with Gasteiger partial charge in [0, 0.05) is 39.8 Å². The predicted octanol–water partition coefficient (Wildman–Crippen LogP) is 1.26. The Labute approximate surface area is 140 Å². The number of likely N-dealkylation sites (tertiary alicyclic amines) is 1. The maximum atomic E-state index is 12.1. The van der Waals surface area contributed by atoms with Gasteiger partial charge in [0.05, 0.1) is 5.75 Å². The van der Waals surface area contributed by atoms with Gasteiger partial charge in [-0.3, -0.25) is 0 Å². The third-order valence-electron chi connectivity index (χ3n) is 3.73. The summed E-state index contributed by atoms with van der Waals surface area (Å²) >= 11 is 0. The molecule has 8 heteroatoms. The molecule has 1 saturated heterocycles. The molecule has 1 aliphatic heterocycles. The third kappa shape index (κ3) is 7.50. The molecule has 1 fully saturated rings. The van der Waals surface area contributed by atoms with Crippen LogP contribution in [0, 0.1) is 0 Å². The van der Waals surface area contributed by atoms with Crippen LogP contribution in [0.5, 0.6) is 0 Å². The van der Waals surface area contributed by atoms with E-state index in [4.69, 9.17) is 4.74 Å². The molecular formula is C15H31N3O4S. The molecule has 0 spiro atoms. The highest BCUT2D eigenvalue weighted by Gasteiger charge is 2.25. The quantitative estimate of drug-likeness (QED) is 0.808. The molecule has 1 atom stereocenters. The minimum atomic E-state index is -3.17. The molecule has 1 unspecified atom stereocenters. The van der Waals surface area contributed by atoms with Crippen molar-refractivity contribution in [2.24, 2.45) is 0 Å². The molecule has 0 radical (unpaired) electrons. The van der Waals surface area contributed by atoms with Gasteiger partial charge < -0.3 is 15.0 Å². The van der Waals surface area contributed by atoms with Crippen molar-refractivity contribution in [2.45, 2.75) is 51.7 Å². The Hall–Kier alpha value is -0.860. The van der Waals surface area contributed by atoms with Gasteiger partial charge in [0.25, 0.3) is 0 Å². The summed E-state index contributed by atoms with van der Waals surface area (Å²) in [4.78, 5) is 13.8. The predicted molar refractivity (Wildman–Crippen MR) is 90.9 cm³/mol. The average molecular weight is 349 g/mol. The fraction of sp³-hybridized carbons (Fsp3) is 0.933. The summed E-state index contributed by atoms with van der Waals surface area (Å²) in [6.45, 7) is 7.32. The molecule has 1 rings (SSSR count). The number of hydrogen-bond donors (Lipinski definition) is 1. The largest absolute Gasteiger partial charge is 0.444 e. The molecule has 1 aliphatic rings. The van der Waals surface area contributed by atoms with E-state index in [9.17, 15) is 13.2 Å². The van der Waals surface area contributed by atoms with Gasteiger partial charge in [-0.1, -0.05) is 0 Å². The summed E-state index contributed by atoms with van der Waals surface area (Å²) in [6, 6.07) is 0.236. The minimum Gasteiger partial charge on any atom is -0.444 e. The molecule has 0 aromatic rings. The van der Waals surface area contributed by atoms with Gasteiger partial charge >= 0.3 is 6.09 Å². The first-order valence-corrected chi connectivity index (χ1v) is 9.74. The van der Waals surface area contributed by atoms with Crippen LogP contribution in [-0.4, -0.2) is 74.8 Å². The Kier molecular flexibility index (Phi) is 7.29. The van der Waals surface area contributed by atoms with Gasteiger partial charge in [-0.15, -0.1) is 0 Å². The highest BCUT2D eigenvalue weighted by molar-refractivity contribution is 7.89. The molecule has 1 N–H and O–H groups in total. The first-order chi connectivity index (χ1) is 10.5. The lowest BCUT2D eigenvalue weighted by atomic mass is 10.1. The van der Waals surface area contributed by atoms with Gasteiger partial charge in [0.15, 0.2) is 0 Å². The van der Waals surface area contributed by atoms with E-state index in [1.165, 1.54) is 4.31 Å². The van der Waals surface area contributed by atoms with Crippen LogP contribution >= 0.6 is 0 Å². The van der Waals surface area contributed by atoms with Crippen LogP contribution in [0.4, 0.5) is 4.79 Å². The molecule has 0 aliphatic carbocycles. The van der Waals surface area contributed by atoms with Crippen LogP contribution in [0.3, 0.4) is 0 Å². The van der Waals surface area contributed by atoms with Gasteiger partial charge in [-0.05, 0) is 40.0 Å². The van der Waals surface area contributed by atoms with Gasteiger partial charge in [-0.2, -0.15) is 0 Å². The van der Waals surface area contributed by atoms with Crippen LogP contribution in [0.1, 0.15) is 40.0 Å². The molecule has 23 heavy (non-hydrogen) atoms. The van der Waals surface area contributed by atoms with Crippen molar-refractivity contribution in [1.82, 2.24) is 14.5 Å². The molecular weight excluding hydrogens is 318 g/mol. The fourth-order valence-electron chi connectivity index (χ4n) is 2.38. The van der Waals surface area contributed by atoms with Crippen LogP contribution in [0.15, 0.2) is 0 Å². The molecule has 1 amide bonds. The number of carbonyl (C=O) groups excluding carboxylic acids is 1. The highest BCUT2D eigenvalue weighted by atomic mass is 32.2. The summed E-state index contributed by atoms with van der Waals surface area (Å²) in [5.41, 5.74) is -0.485. The topological polar surface area (TPSA) is 79.0 Å². The van der Waals surface area contributed by atoms with E-state index in [-0.39, 0.29) is 17.9 Å². The van der Waals surface area contributed by atoms with Crippen molar-refractivity contribution in [3.8, 4) is 0 Å². The van der Waals surface area contributed by atoms with E-state index in [1.807, 2.05) is 20.8 Å². The number of carbonyl (C=O) groups is 1. The lowest BCUT2D eigenvalue weighted by Gasteiger charge is -2.26. The van der Waals surface area contributed by atoms with Crippen molar-refractivity contribution in [1.29, 1.82) is 0 Å². The Morgan fingerprint density at radius 3 is 2.48 bits per heavy atom. The zero-order valence-corrected chi connectivity index (χ0v) is 15.8. The smallest absolute Gasteiger partial charge is 0.410 e. The van der Waals surface area contributed by atoms with E-state index in [1.54, 1.807) is 19.0 Å². The maximum Gasteiger partial charge on any atom is 0.410 e. The SMILES string of the molecule is CN(C)S(=O)(=O)CCNC1CCCN(C(=O)OC(C)(C)C)CC1. The second kappa shape index (κ2) is 8.30. The van der Waals surface area contributed by atoms with Gasteiger partial charge in [-0.25, -0.2) is 17.5 Å². The van der Waals surface area contributed by atoms with Gasteiger partial charge in [0.1, 0.15) is 5.60 Å². The van der Waals surface area contributed by atoms with E-state index in [0.717, 1.165) is 19.3 Å². The Bertz CT molecular complexity index is 485. The number of rotatable bonds is 5. The zero-order chi connectivity index (χ0) is 17.7. The maximum absolute atomic E-state index is 12.1. The Morgan fingerprint density at radius 2 is 1.91 bits per heavy atom. The van der Waals surface area contributed by atoms with Crippen LogP contribution in [-0.2, 0) is 14.8 Å². The highest BCUT2D eigenvalue weighted by Crippen LogP contribution is 2.15. The average Bonchev–Trinajstić information content (AvgIpc) is 2.62. The molecule has 0 aromatic carbocycles. The summed E-state index contributed by atoms with van der Waals surface area (Å²) in [5, 5.41) is 3.30. The monoisotopic (exact) mass is 349 g/mol. The second-order valence-electron chi connectivity index (χ2n) is 7.15. The fourth-order valence-corrected chi connectivity index (χ4v) is 3.13. The molecule has 1 heterocycles. The lowest BCUT2D eigenvalue weighted by molar-refractivity contribution is 0.0256. The van der Waals surface area contributed by atoms with E-state index >= 15 is 0 Å². The molecule has 136 valence electrons. The van der Waals surface area contributed by atoms with Crippen molar-refractivity contribution in [2.75, 3.05) is 39.5 Å². The van der Waals surface area contributed by atoms with Crippen molar-refractivity contribution >= 4 is 16.1 Å². The van der Waals surface area contributed by atoms with Crippen molar-refractivity contribution in [3.63, 3.8) is 0 Å². The number of ether oxygens (including phenoxy) is 1. The van der Waals surface area contributed by atoms with Gasteiger partial charge in [0.2, 0.25) is 10.0 Å². The normalized spacial score (nSPS) is 20.4. The molecule has 0 bridgehead atoms. The summed E-state index contributed by atoms with van der Waals surface area (Å²) in [6.07, 6.45) is 2.35. The van der Waals surface area contributed by atoms with Crippen molar-refractivity contribution < 1.29 is 17.9 Å².